The van der Waals surface area contributed by atoms with Crippen LogP contribution in [-0.4, -0.2) is 16.7 Å². The number of fused-ring (bicyclic) bond motifs is 1. The van der Waals surface area contributed by atoms with Crippen molar-refractivity contribution in [2.75, 3.05) is 5.32 Å². The number of aromatic nitrogens is 1. The second kappa shape index (κ2) is 6.79. The van der Waals surface area contributed by atoms with Gasteiger partial charge in [-0.1, -0.05) is 29.4 Å². The van der Waals surface area contributed by atoms with Crippen LogP contribution in [0.5, 0.6) is 11.5 Å². The summed E-state index contributed by atoms with van der Waals surface area (Å²) < 4.78 is 16.7. The Hall–Kier alpha value is -3.28. The number of carbonyl (C=O) groups is 1. The number of hydrogen-bond donors (Lipinski definition) is 1. The van der Waals surface area contributed by atoms with Crippen molar-refractivity contribution in [3.05, 3.63) is 71.5 Å². The minimum atomic E-state index is -0.243. The molecule has 1 aliphatic heterocycles. The van der Waals surface area contributed by atoms with E-state index in [1.54, 1.807) is 18.2 Å². The molecule has 3 aromatic rings. The molecule has 27 heavy (non-hydrogen) atoms. The number of para-hydroxylation sites is 1. The Morgan fingerprint density at radius 1 is 1.19 bits per heavy atom. The molecule has 1 N–H and O–H groups in total. The summed E-state index contributed by atoms with van der Waals surface area (Å²) in [5.41, 5.74) is 2.45. The Labute approximate surface area is 157 Å². The summed E-state index contributed by atoms with van der Waals surface area (Å²) in [6.45, 7) is 4.53. The van der Waals surface area contributed by atoms with Gasteiger partial charge >= 0.3 is 0 Å². The summed E-state index contributed by atoms with van der Waals surface area (Å²) in [5.74, 6) is 1.71. The van der Waals surface area contributed by atoms with Gasteiger partial charge in [0.05, 0.1) is 0 Å². The quantitative estimate of drug-likeness (QED) is 0.734. The fourth-order valence-electron chi connectivity index (χ4n) is 3.08. The average molecular weight is 364 g/mol. The molecule has 138 valence electrons. The maximum absolute atomic E-state index is 12.2. The smallest absolute Gasteiger partial charge is 0.256 e. The number of benzene rings is 2. The Morgan fingerprint density at radius 2 is 2.00 bits per heavy atom. The van der Waals surface area contributed by atoms with E-state index in [1.165, 1.54) is 6.26 Å². The van der Waals surface area contributed by atoms with E-state index in [0.29, 0.717) is 18.0 Å². The molecule has 0 saturated carbocycles. The van der Waals surface area contributed by atoms with Crippen LogP contribution < -0.4 is 14.8 Å². The van der Waals surface area contributed by atoms with Gasteiger partial charge in [0.2, 0.25) is 0 Å². The molecule has 0 radical (unpaired) electrons. The van der Waals surface area contributed by atoms with Crippen LogP contribution in [0.25, 0.3) is 0 Å². The van der Waals surface area contributed by atoms with Crippen molar-refractivity contribution >= 4 is 11.7 Å². The lowest BCUT2D eigenvalue weighted by molar-refractivity contribution is 0.102. The Morgan fingerprint density at radius 3 is 2.74 bits per heavy atom. The van der Waals surface area contributed by atoms with Crippen molar-refractivity contribution in [3.8, 4) is 11.5 Å². The summed E-state index contributed by atoms with van der Waals surface area (Å²) >= 11 is 0. The lowest BCUT2D eigenvalue weighted by atomic mass is 10.0. The van der Waals surface area contributed by atoms with Gasteiger partial charge in [0.1, 0.15) is 18.5 Å². The number of nitrogens with one attached hydrogen (secondary N) is 1. The standard InChI is InChI=1S/C21H20N2O4/c1-21(2)12-16-4-3-5-17(19(16)27-21)25-13-14-6-8-15(9-7-14)20(24)22-18-10-11-26-23-18/h3-11H,12-13H2,1-2H3,(H,22,23,24). The molecule has 1 amide bonds. The average Bonchev–Trinajstić information content (AvgIpc) is 3.26. The van der Waals surface area contributed by atoms with Crippen LogP contribution in [0.2, 0.25) is 0 Å². The Balaban J connectivity index is 1.40. The first-order valence-corrected chi connectivity index (χ1v) is 8.75. The number of nitrogens with zero attached hydrogens (tertiary/aromatic N) is 1. The molecule has 0 atom stereocenters. The lowest BCUT2D eigenvalue weighted by Crippen LogP contribution is -2.24. The molecule has 6 nitrogen and oxygen atoms in total. The maximum Gasteiger partial charge on any atom is 0.256 e. The summed E-state index contributed by atoms with van der Waals surface area (Å²) in [4.78, 5) is 12.2. The molecule has 6 heteroatoms. The molecule has 0 aliphatic carbocycles. The van der Waals surface area contributed by atoms with Crippen LogP contribution >= 0.6 is 0 Å². The fraction of sp³-hybridized carbons (Fsp3) is 0.238. The van der Waals surface area contributed by atoms with E-state index >= 15 is 0 Å². The van der Waals surface area contributed by atoms with Gasteiger partial charge in [-0.05, 0) is 37.6 Å². The normalized spacial score (nSPS) is 14.3. The topological polar surface area (TPSA) is 73.6 Å². The van der Waals surface area contributed by atoms with E-state index in [9.17, 15) is 4.79 Å². The predicted octanol–water partition coefficient (Wildman–Crippen LogP) is 4.22. The highest BCUT2D eigenvalue weighted by Crippen LogP contribution is 2.41. The third-order valence-corrected chi connectivity index (χ3v) is 4.34. The third kappa shape index (κ3) is 3.79. The van der Waals surface area contributed by atoms with Crippen LogP contribution in [0.3, 0.4) is 0 Å². The molecular weight excluding hydrogens is 344 g/mol. The first-order chi connectivity index (χ1) is 13.0. The first-order valence-electron chi connectivity index (χ1n) is 8.75. The van der Waals surface area contributed by atoms with Crippen molar-refractivity contribution in [2.24, 2.45) is 0 Å². The third-order valence-electron chi connectivity index (χ3n) is 4.34. The van der Waals surface area contributed by atoms with Gasteiger partial charge in [-0.15, -0.1) is 0 Å². The summed E-state index contributed by atoms with van der Waals surface area (Å²) in [5, 5.41) is 6.32. The van der Waals surface area contributed by atoms with Crippen LogP contribution in [-0.2, 0) is 13.0 Å². The largest absolute Gasteiger partial charge is 0.485 e. The van der Waals surface area contributed by atoms with Gasteiger partial charge in [0.25, 0.3) is 5.91 Å². The molecule has 2 aromatic carbocycles. The van der Waals surface area contributed by atoms with E-state index in [1.807, 2.05) is 24.3 Å². The minimum Gasteiger partial charge on any atom is -0.485 e. The highest BCUT2D eigenvalue weighted by atomic mass is 16.5. The van der Waals surface area contributed by atoms with Crippen LogP contribution in [0, 0.1) is 0 Å². The zero-order chi connectivity index (χ0) is 18.9. The highest BCUT2D eigenvalue weighted by Gasteiger charge is 2.32. The zero-order valence-electron chi connectivity index (χ0n) is 15.2. The van der Waals surface area contributed by atoms with Crippen LogP contribution in [0.15, 0.2) is 59.3 Å². The number of hydrogen-bond acceptors (Lipinski definition) is 5. The van der Waals surface area contributed by atoms with Gasteiger partial charge in [-0.2, -0.15) is 0 Å². The molecule has 0 fully saturated rings. The number of ether oxygens (including phenoxy) is 2. The van der Waals surface area contributed by atoms with Crippen LogP contribution in [0.4, 0.5) is 5.82 Å². The number of amides is 1. The molecule has 0 saturated heterocycles. The number of anilines is 1. The second-order valence-electron chi connectivity index (χ2n) is 7.11. The zero-order valence-corrected chi connectivity index (χ0v) is 15.2. The van der Waals surface area contributed by atoms with Gasteiger partial charge in [-0.3, -0.25) is 4.79 Å². The van der Waals surface area contributed by atoms with Gasteiger partial charge in [0.15, 0.2) is 17.3 Å². The van der Waals surface area contributed by atoms with E-state index in [-0.39, 0.29) is 11.5 Å². The predicted molar refractivity (Wildman–Crippen MR) is 100 cm³/mol. The fourth-order valence-corrected chi connectivity index (χ4v) is 3.08. The monoisotopic (exact) mass is 364 g/mol. The molecule has 0 unspecified atom stereocenters. The van der Waals surface area contributed by atoms with E-state index in [4.69, 9.17) is 14.0 Å². The molecule has 0 bridgehead atoms. The molecule has 2 heterocycles. The molecule has 1 aliphatic rings. The molecule has 0 spiro atoms. The minimum absolute atomic E-state index is 0.208. The van der Waals surface area contributed by atoms with Gasteiger partial charge < -0.3 is 19.3 Å². The molecule has 4 rings (SSSR count). The van der Waals surface area contributed by atoms with Crippen molar-refractivity contribution in [3.63, 3.8) is 0 Å². The van der Waals surface area contributed by atoms with Gasteiger partial charge in [-0.25, -0.2) is 0 Å². The number of rotatable bonds is 5. The van der Waals surface area contributed by atoms with Crippen molar-refractivity contribution in [1.82, 2.24) is 5.16 Å². The van der Waals surface area contributed by atoms with Crippen molar-refractivity contribution in [1.29, 1.82) is 0 Å². The number of carbonyl (C=O) groups excluding carboxylic acids is 1. The Kier molecular flexibility index (Phi) is 4.32. The van der Waals surface area contributed by atoms with E-state index < -0.39 is 0 Å². The van der Waals surface area contributed by atoms with Crippen LogP contribution in [0.1, 0.15) is 35.3 Å². The first kappa shape index (κ1) is 17.1. The summed E-state index contributed by atoms with van der Waals surface area (Å²) in [7, 11) is 0. The second-order valence-corrected chi connectivity index (χ2v) is 7.11. The SMILES string of the molecule is CC1(C)Cc2cccc(OCc3ccc(C(=O)Nc4ccon4)cc3)c2O1. The van der Waals surface area contributed by atoms with Crippen molar-refractivity contribution in [2.45, 2.75) is 32.5 Å². The molecule has 1 aromatic heterocycles. The highest BCUT2D eigenvalue weighted by molar-refractivity contribution is 6.03. The molecular formula is C21H20N2O4. The lowest BCUT2D eigenvalue weighted by Gasteiger charge is -2.18. The summed E-state index contributed by atoms with van der Waals surface area (Å²) in [6, 6.07) is 14.8. The van der Waals surface area contributed by atoms with E-state index in [2.05, 4.69) is 30.4 Å². The summed E-state index contributed by atoms with van der Waals surface area (Å²) in [6.07, 6.45) is 2.27. The van der Waals surface area contributed by atoms with Gasteiger partial charge in [0, 0.05) is 23.6 Å². The Bertz CT molecular complexity index is 947. The van der Waals surface area contributed by atoms with Crippen molar-refractivity contribution < 1.29 is 18.8 Å². The van der Waals surface area contributed by atoms with E-state index in [0.717, 1.165) is 29.0 Å². The maximum atomic E-state index is 12.2.